The van der Waals surface area contributed by atoms with E-state index in [0.717, 1.165) is 18.4 Å². The fraction of sp³-hybridized carbons (Fsp3) is 0.500. The molecule has 0 aliphatic carbocycles. The van der Waals surface area contributed by atoms with E-state index in [9.17, 15) is 0 Å². The van der Waals surface area contributed by atoms with Crippen LogP contribution in [0.5, 0.6) is 5.88 Å². The van der Waals surface area contributed by atoms with Crippen molar-refractivity contribution in [2.24, 2.45) is 0 Å². The zero-order chi connectivity index (χ0) is 10.7. The van der Waals surface area contributed by atoms with Crippen LogP contribution in [-0.4, -0.2) is 26.0 Å². The van der Waals surface area contributed by atoms with Gasteiger partial charge >= 0.3 is 0 Å². The molecule has 0 radical (unpaired) electrons. The lowest BCUT2D eigenvalue weighted by Gasteiger charge is -2.14. The predicted molar refractivity (Wildman–Crippen MR) is 56.7 cm³/mol. The molecule has 15 heavy (non-hydrogen) atoms. The molecule has 0 aliphatic rings. The normalized spacial score (nSPS) is 11.1. The molecule has 80 valence electrons. The minimum absolute atomic E-state index is 0.200. The molecule has 2 heterocycles. The summed E-state index contributed by atoms with van der Waals surface area (Å²) in [5.41, 5.74) is 1.41. The van der Waals surface area contributed by atoms with Gasteiger partial charge in [0.15, 0.2) is 5.65 Å². The number of rotatable bonds is 4. The summed E-state index contributed by atoms with van der Waals surface area (Å²) in [4.78, 5) is 15.2. The highest BCUT2D eigenvalue weighted by molar-refractivity contribution is 5.74. The Morgan fingerprint density at radius 1 is 1.27 bits per heavy atom. The molecular formula is C10H14N4O. The van der Waals surface area contributed by atoms with Gasteiger partial charge in [-0.15, -0.1) is 0 Å². The number of nitrogens with zero attached hydrogens (tertiary/aromatic N) is 3. The molecule has 0 saturated carbocycles. The Labute approximate surface area is 87.9 Å². The maximum Gasteiger partial charge on any atom is 0.243 e. The van der Waals surface area contributed by atoms with Gasteiger partial charge in [0.2, 0.25) is 5.88 Å². The highest BCUT2D eigenvalue weighted by atomic mass is 16.5. The lowest BCUT2D eigenvalue weighted by atomic mass is 10.2. The molecule has 5 nitrogen and oxygen atoms in total. The van der Waals surface area contributed by atoms with Gasteiger partial charge in [-0.3, -0.25) is 0 Å². The molecule has 0 unspecified atom stereocenters. The number of ether oxygens (including phenoxy) is 1. The van der Waals surface area contributed by atoms with Crippen molar-refractivity contribution in [3.05, 3.63) is 12.7 Å². The van der Waals surface area contributed by atoms with E-state index in [2.05, 4.69) is 33.8 Å². The number of aromatic amines is 1. The number of nitrogens with one attached hydrogen (secondary N) is 1. The minimum Gasteiger partial charge on any atom is -0.473 e. The predicted octanol–water partition coefficient (Wildman–Crippen LogP) is 1.92. The van der Waals surface area contributed by atoms with E-state index in [4.69, 9.17) is 4.74 Å². The molecule has 0 spiro atoms. The smallest absolute Gasteiger partial charge is 0.243 e. The summed E-state index contributed by atoms with van der Waals surface area (Å²) in [7, 11) is 0. The average Bonchev–Trinajstić information content (AvgIpc) is 2.74. The molecule has 0 amide bonds. The highest BCUT2D eigenvalue weighted by Crippen LogP contribution is 2.19. The van der Waals surface area contributed by atoms with Crippen LogP contribution in [0.4, 0.5) is 0 Å². The molecule has 0 atom stereocenters. The molecule has 0 bridgehead atoms. The second-order valence-corrected chi connectivity index (χ2v) is 3.34. The number of hydrogen-bond donors (Lipinski definition) is 1. The lowest BCUT2D eigenvalue weighted by Crippen LogP contribution is -2.14. The monoisotopic (exact) mass is 206 g/mol. The van der Waals surface area contributed by atoms with Gasteiger partial charge in [-0.2, -0.15) is 4.98 Å². The standard InChI is InChI=1S/C10H14N4O/c1-3-7(4-2)15-10-8-9(12-5-11-8)13-6-14-10/h5-7H,3-4H2,1-2H3,(H,11,12,13,14). The van der Waals surface area contributed by atoms with Crippen LogP contribution < -0.4 is 4.74 Å². The maximum absolute atomic E-state index is 5.76. The topological polar surface area (TPSA) is 63.7 Å². The largest absolute Gasteiger partial charge is 0.473 e. The van der Waals surface area contributed by atoms with E-state index in [1.54, 1.807) is 6.33 Å². The third-order valence-electron chi connectivity index (χ3n) is 2.38. The third kappa shape index (κ3) is 1.91. The SMILES string of the molecule is CCC(CC)Oc1ncnc2nc[nH]c12. The van der Waals surface area contributed by atoms with Gasteiger partial charge in [-0.1, -0.05) is 13.8 Å². The van der Waals surface area contributed by atoms with Crippen molar-refractivity contribution < 1.29 is 4.74 Å². The third-order valence-corrected chi connectivity index (χ3v) is 2.38. The summed E-state index contributed by atoms with van der Waals surface area (Å²) in [6.07, 6.45) is 5.21. The summed E-state index contributed by atoms with van der Waals surface area (Å²) in [6.45, 7) is 4.19. The number of imidazole rings is 1. The first kappa shape index (κ1) is 9.89. The molecule has 5 heteroatoms. The Hall–Kier alpha value is -1.65. The Bertz CT molecular complexity index is 436. The Kier molecular flexibility index (Phi) is 2.80. The Morgan fingerprint density at radius 2 is 2.07 bits per heavy atom. The number of H-pyrrole nitrogens is 1. The van der Waals surface area contributed by atoms with Crippen molar-refractivity contribution in [3.63, 3.8) is 0 Å². The summed E-state index contributed by atoms with van der Waals surface area (Å²) in [5.74, 6) is 0.589. The van der Waals surface area contributed by atoms with Crippen LogP contribution in [0, 0.1) is 0 Å². The van der Waals surface area contributed by atoms with Crippen molar-refractivity contribution in [3.8, 4) is 5.88 Å². The summed E-state index contributed by atoms with van der Waals surface area (Å²) in [5, 5.41) is 0. The molecule has 0 aliphatic heterocycles. The number of fused-ring (bicyclic) bond motifs is 1. The van der Waals surface area contributed by atoms with Crippen LogP contribution >= 0.6 is 0 Å². The Morgan fingerprint density at radius 3 is 2.80 bits per heavy atom. The summed E-state index contributed by atoms with van der Waals surface area (Å²) < 4.78 is 5.76. The zero-order valence-electron chi connectivity index (χ0n) is 8.90. The van der Waals surface area contributed by atoms with Crippen LogP contribution in [-0.2, 0) is 0 Å². The van der Waals surface area contributed by atoms with Gasteiger partial charge < -0.3 is 9.72 Å². The van der Waals surface area contributed by atoms with Gasteiger partial charge in [0.05, 0.1) is 6.33 Å². The summed E-state index contributed by atoms with van der Waals surface area (Å²) >= 11 is 0. The van der Waals surface area contributed by atoms with Crippen LogP contribution in [0.1, 0.15) is 26.7 Å². The van der Waals surface area contributed by atoms with Crippen molar-refractivity contribution in [1.82, 2.24) is 19.9 Å². The van der Waals surface area contributed by atoms with Crippen molar-refractivity contribution in [2.75, 3.05) is 0 Å². The van der Waals surface area contributed by atoms with Gasteiger partial charge in [0.1, 0.15) is 17.9 Å². The minimum atomic E-state index is 0.200. The molecule has 2 aromatic rings. The van der Waals surface area contributed by atoms with Crippen LogP contribution in [0.25, 0.3) is 11.2 Å². The van der Waals surface area contributed by atoms with E-state index in [1.165, 1.54) is 6.33 Å². The lowest BCUT2D eigenvalue weighted by molar-refractivity contribution is 0.187. The van der Waals surface area contributed by atoms with E-state index >= 15 is 0 Å². The second-order valence-electron chi connectivity index (χ2n) is 3.34. The molecular weight excluding hydrogens is 192 g/mol. The molecule has 0 saturated heterocycles. The summed E-state index contributed by atoms with van der Waals surface area (Å²) in [6, 6.07) is 0. The number of hydrogen-bond acceptors (Lipinski definition) is 4. The molecule has 2 rings (SSSR count). The van der Waals surface area contributed by atoms with E-state index in [0.29, 0.717) is 11.5 Å². The van der Waals surface area contributed by atoms with Crippen LogP contribution in [0.15, 0.2) is 12.7 Å². The molecule has 1 N–H and O–H groups in total. The first-order chi connectivity index (χ1) is 7.35. The average molecular weight is 206 g/mol. The van der Waals surface area contributed by atoms with E-state index in [-0.39, 0.29) is 6.10 Å². The van der Waals surface area contributed by atoms with Crippen molar-refractivity contribution in [1.29, 1.82) is 0 Å². The van der Waals surface area contributed by atoms with Crippen molar-refractivity contribution in [2.45, 2.75) is 32.8 Å². The molecule has 2 aromatic heterocycles. The quantitative estimate of drug-likeness (QED) is 0.830. The van der Waals surface area contributed by atoms with Crippen molar-refractivity contribution >= 4 is 11.2 Å². The van der Waals surface area contributed by atoms with Gasteiger partial charge in [0.25, 0.3) is 0 Å². The van der Waals surface area contributed by atoms with Gasteiger partial charge in [-0.05, 0) is 12.8 Å². The molecule has 0 fully saturated rings. The van der Waals surface area contributed by atoms with Crippen LogP contribution in [0.3, 0.4) is 0 Å². The first-order valence-corrected chi connectivity index (χ1v) is 5.15. The van der Waals surface area contributed by atoms with Gasteiger partial charge in [0, 0.05) is 0 Å². The van der Waals surface area contributed by atoms with Crippen LogP contribution in [0.2, 0.25) is 0 Å². The fourth-order valence-corrected chi connectivity index (χ4v) is 1.45. The van der Waals surface area contributed by atoms with E-state index < -0.39 is 0 Å². The number of aromatic nitrogens is 4. The Balaban J connectivity index is 2.30. The maximum atomic E-state index is 5.76. The fourth-order valence-electron chi connectivity index (χ4n) is 1.45. The second kappa shape index (κ2) is 4.25. The zero-order valence-corrected chi connectivity index (χ0v) is 8.90. The van der Waals surface area contributed by atoms with E-state index in [1.807, 2.05) is 0 Å². The molecule has 0 aromatic carbocycles. The highest BCUT2D eigenvalue weighted by Gasteiger charge is 2.11. The van der Waals surface area contributed by atoms with Gasteiger partial charge in [-0.25, -0.2) is 9.97 Å². The first-order valence-electron chi connectivity index (χ1n) is 5.15.